The van der Waals surface area contributed by atoms with E-state index in [1.807, 2.05) is 25.1 Å². The maximum absolute atomic E-state index is 12.5. The molecular weight excluding hydrogens is 534 g/mol. The number of carbonyl (C=O) groups is 2. The van der Waals surface area contributed by atoms with Crippen LogP contribution < -0.4 is 16.0 Å². The van der Waals surface area contributed by atoms with Crippen molar-refractivity contribution in [1.29, 1.82) is 0 Å². The zero-order valence-electron chi connectivity index (χ0n) is 25.3. The van der Waals surface area contributed by atoms with E-state index in [1.54, 1.807) is 39.6 Å². The standard InChI is InChI=1S/C30H41N9O3/c1-7-14-31-27-22(18-35-30(37-27)36-23-17-24-25(33-19-23)20-34-29(24)42-6)12-9-8-10-15-32-28(41)21(2)39(5)26(40)13-11-16-38(3)4/h11,13,17-19,21H,7-8,10,14-16,20H2,1-6H3,(H,32,41)(H2,31,35,36,37)/b13-11+/t21-/m0/s1. The van der Waals surface area contributed by atoms with Crippen LogP contribution in [-0.4, -0.2) is 96.4 Å². The molecule has 0 saturated heterocycles. The van der Waals surface area contributed by atoms with Crippen LogP contribution in [0.2, 0.25) is 0 Å². The third-order valence-electron chi connectivity index (χ3n) is 6.39. The van der Waals surface area contributed by atoms with E-state index in [-0.39, 0.29) is 11.8 Å². The fraction of sp³-hybridized carbons (Fsp3) is 0.467. The number of ether oxygens (including phenoxy) is 1. The maximum Gasteiger partial charge on any atom is 0.246 e. The normalized spacial score (nSPS) is 12.7. The van der Waals surface area contributed by atoms with E-state index in [0.29, 0.717) is 55.7 Å². The van der Waals surface area contributed by atoms with Gasteiger partial charge in [-0.3, -0.25) is 14.6 Å². The molecule has 0 bridgehead atoms. The number of aliphatic imine (C=N–C) groups is 1. The van der Waals surface area contributed by atoms with Crippen LogP contribution in [0.15, 0.2) is 35.6 Å². The van der Waals surface area contributed by atoms with Gasteiger partial charge in [0, 0.05) is 39.2 Å². The van der Waals surface area contributed by atoms with Gasteiger partial charge in [-0.1, -0.05) is 24.8 Å². The van der Waals surface area contributed by atoms with Gasteiger partial charge in [0.05, 0.1) is 48.6 Å². The Labute approximate surface area is 248 Å². The van der Waals surface area contributed by atoms with Crippen molar-refractivity contribution in [3.05, 3.63) is 47.4 Å². The van der Waals surface area contributed by atoms with Gasteiger partial charge in [0.1, 0.15) is 11.9 Å². The average molecular weight is 576 g/mol. The number of hydrogen-bond acceptors (Lipinski definition) is 10. The number of unbranched alkanes of at least 4 members (excludes halogenated alkanes) is 1. The number of fused-ring (bicyclic) bond motifs is 1. The van der Waals surface area contributed by atoms with Crippen LogP contribution in [0.4, 0.5) is 17.5 Å². The van der Waals surface area contributed by atoms with Gasteiger partial charge in [0.15, 0.2) is 0 Å². The van der Waals surface area contributed by atoms with Gasteiger partial charge < -0.3 is 30.5 Å². The minimum atomic E-state index is -0.577. The monoisotopic (exact) mass is 575 g/mol. The fourth-order valence-corrected chi connectivity index (χ4v) is 3.86. The molecule has 0 aromatic carbocycles. The Balaban J connectivity index is 1.53. The minimum absolute atomic E-state index is 0.202. The average Bonchev–Trinajstić information content (AvgIpc) is 3.39. The molecule has 3 N–H and O–H groups in total. The molecule has 224 valence electrons. The van der Waals surface area contributed by atoms with Crippen molar-refractivity contribution < 1.29 is 14.3 Å². The van der Waals surface area contributed by atoms with Gasteiger partial charge in [-0.2, -0.15) is 4.98 Å². The summed E-state index contributed by atoms with van der Waals surface area (Å²) in [7, 11) is 7.06. The van der Waals surface area contributed by atoms with Crippen molar-refractivity contribution in [2.75, 3.05) is 58.5 Å². The summed E-state index contributed by atoms with van der Waals surface area (Å²) in [6.07, 6.45) is 8.86. The lowest BCUT2D eigenvalue weighted by molar-refractivity contribution is -0.135. The topological polar surface area (TPSA) is 137 Å². The molecule has 12 heteroatoms. The summed E-state index contributed by atoms with van der Waals surface area (Å²) in [6, 6.07) is 1.35. The number of likely N-dealkylation sites (N-methyl/N-ethyl adjacent to an activating group) is 2. The molecule has 3 rings (SSSR count). The maximum atomic E-state index is 12.5. The van der Waals surface area contributed by atoms with Crippen molar-refractivity contribution in [3.8, 4) is 11.8 Å². The molecule has 0 saturated carbocycles. The molecule has 2 aromatic rings. The molecular formula is C30H41N9O3. The molecule has 3 heterocycles. The Hall–Kier alpha value is -4.50. The second kappa shape index (κ2) is 16.1. The van der Waals surface area contributed by atoms with Gasteiger partial charge in [-0.25, -0.2) is 9.98 Å². The summed E-state index contributed by atoms with van der Waals surface area (Å²) < 4.78 is 5.33. The second-order valence-electron chi connectivity index (χ2n) is 10.0. The first-order valence-electron chi connectivity index (χ1n) is 14.0. The summed E-state index contributed by atoms with van der Waals surface area (Å²) >= 11 is 0. The molecule has 1 aliphatic heterocycles. The first-order valence-corrected chi connectivity index (χ1v) is 14.0. The van der Waals surface area contributed by atoms with Crippen molar-refractivity contribution in [1.82, 2.24) is 30.1 Å². The quantitative estimate of drug-likeness (QED) is 0.187. The summed E-state index contributed by atoms with van der Waals surface area (Å²) in [4.78, 5) is 46.0. The summed E-state index contributed by atoms with van der Waals surface area (Å²) in [6.45, 7) is 6.15. The SMILES string of the molecule is CCCNc1nc(Nc2cnc3c(c2)C(OC)=NC3)ncc1C#CCCCNC(=O)[C@H](C)N(C)C(=O)/C=C/CN(C)C. The number of carbonyl (C=O) groups excluding carboxylic acids is 2. The number of aromatic nitrogens is 3. The van der Waals surface area contributed by atoms with E-state index >= 15 is 0 Å². The van der Waals surface area contributed by atoms with Gasteiger partial charge in [0.25, 0.3) is 0 Å². The molecule has 0 aliphatic carbocycles. The van der Waals surface area contributed by atoms with Gasteiger partial charge in [-0.15, -0.1) is 0 Å². The highest BCUT2D eigenvalue weighted by molar-refractivity contribution is 5.98. The Bertz CT molecular complexity index is 1360. The number of anilines is 3. The van der Waals surface area contributed by atoms with Crippen molar-refractivity contribution in [2.45, 2.75) is 45.7 Å². The first kappa shape index (κ1) is 32.0. The molecule has 1 aliphatic rings. The molecule has 0 fully saturated rings. The first-order chi connectivity index (χ1) is 20.2. The summed E-state index contributed by atoms with van der Waals surface area (Å²) in [5.41, 5.74) is 3.14. The number of amides is 2. The molecule has 0 radical (unpaired) electrons. The highest BCUT2D eigenvalue weighted by Gasteiger charge is 2.21. The largest absolute Gasteiger partial charge is 0.481 e. The number of nitrogens with one attached hydrogen (secondary N) is 3. The lowest BCUT2D eigenvalue weighted by Crippen LogP contribution is -2.45. The van der Waals surface area contributed by atoms with Crippen LogP contribution in [0, 0.1) is 11.8 Å². The molecule has 2 amide bonds. The minimum Gasteiger partial charge on any atom is -0.481 e. The van der Waals surface area contributed by atoms with Crippen molar-refractivity contribution in [3.63, 3.8) is 0 Å². The zero-order chi connectivity index (χ0) is 30.5. The number of pyridine rings is 1. The number of rotatable bonds is 13. The highest BCUT2D eigenvalue weighted by Crippen LogP contribution is 2.23. The lowest BCUT2D eigenvalue weighted by atomic mass is 10.2. The van der Waals surface area contributed by atoms with E-state index < -0.39 is 6.04 Å². The van der Waals surface area contributed by atoms with E-state index in [0.717, 1.165) is 29.9 Å². The number of nitrogens with zero attached hydrogens (tertiary/aromatic N) is 6. The zero-order valence-corrected chi connectivity index (χ0v) is 25.3. The van der Waals surface area contributed by atoms with Crippen molar-refractivity contribution in [2.24, 2.45) is 4.99 Å². The molecule has 0 spiro atoms. The van der Waals surface area contributed by atoms with E-state index in [4.69, 9.17) is 4.74 Å². The van der Waals surface area contributed by atoms with Gasteiger partial charge >= 0.3 is 0 Å². The van der Waals surface area contributed by atoms with Crippen LogP contribution in [0.1, 0.15) is 49.9 Å². The summed E-state index contributed by atoms with van der Waals surface area (Å²) in [5.74, 6) is 7.51. The molecule has 12 nitrogen and oxygen atoms in total. The Morgan fingerprint density at radius 2 is 2.00 bits per heavy atom. The summed E-state index contributed by atoms with van der Waals surface area (Å²) in [5, 5.41) is 9.41. The fourth-order valence-electron chi connectivity index (χ4n) is 3.86. The molecule has 1 atom stereocenters. The lowest BCUT2D eigenvalue weighted by Gasteiger charge is -2.23. The van der Waals surface area contributed by atoms with Crippen LogP contribution in [0.25, 0.3) is 0 Å². The third-order valence-corrected chi connectivity index (χ3v) is 6.39. The van der Waals surface area contributed by atoms with Gasteiger partial charge in [0.2, 0.25) is 23.7 Å². The Morgan fingerprint density at radius 3 is 2.74 bits per heavy atom. The second-order valence-corrected chi connectivity index (χ2v) is 10.0. The molecule has 0 unspecified atom stereocenters. The molecule has 2 aromatic heterocycles. The van der Waals surface area contributed by atoms with E-state index in [9.17, 15) is 9.59 Å². The van der Waals surface area contributed by atoms with E-state index in [2.05, 4.69) is 54.7 Å². The van der Waals surface area contributed by atoms with Crippen LogP contribution >= 0.6 is 0 Å². The Kier molecular flexibility index (Phi) is 12.3. The van der Waals surface area contributed by atoms with Crippen LogP contribution in [0.3, 0.4) is 0 Å². The smallest absolute Gasteiger partial charge is 0.246 e. The van der Waals surface area contributed by atoms with E-state index in [1.165, 1.54) is 11.0 Å². The van der Waals surface area contributed by atoms with Gasteiger partial charge in [-0.05, 0) is 39.9 Å². The third kappa shape index (κ3) is 9.27. The van der Waals surface area contributed by atoms with Crippen LogP contribution in [-0.2, 0) is 20.9 Å². The van der Waals surface area contributed by atoms with Crippen LogP contribution in [0.5, 0.6) is 0 Å². The number of hydrogen-bond donors (Lipinski definition) is 3. The predicted molar refractivity (Wildman–Crippen MR) is 165 cm³/mol. The highest BCUT2D eigenvalue weighted by atomic mass is 16.5. The number of methoxy groups -OCH3 is 1. The van der Waals surface area contributed by atoms with Crippen molar-refractivity contribution >= 4 is 35.2 Å². The Morgan fingerprint density at radius 1 is 1.19 bits per heavy atom. The predicted octanol–water partition coefficient (Wildman–Crippen LogP) is 2.56. The molecule has 42 heavy (non-hydrogen) atoms.